The van der Waals surface area contributed by atoms with E-state index in [2.05, 4.69) is 22.6 Å². The third-order valence-corrected chi connectivity index (χ3v) is 3.61. The van der Waals surface area contributed by atoms with E-state index in [1.54, 1.807) is 11.8 Å². The van der Waals surface area contributed by atoms with Crippen LogP contribution in [0.15, 0.2) is 36.4 Å². The van der Waals surface area contributed by atoms with Gasteiger partial charge in [0.1, 0.15) is 11.9 Å². The lowest BCUT2D eigenvalue weighted by Crippen LogP contribution is -2.42. The van der Waals surface area contributed by atoms with Crippen molar-refractivity contribution < 1.29 is 14.3 Å². The second-order valence-electron chi connectivity index (χ2n) is 4.12. The number of ether oxygens (including phenoxy) is 2. The van der Waals surface area contributed by atoms with Crippen LogP contribution in [0.1, 0.15) is 6.92 Å². The van der Waals surface area contributed by atoms with Crippen LogP contribution >= 0.6 is 22.6 Å². The van der Waals surface area contributed by atoms with E-state index < -0.39 is 0 Å². The van der Waals surface area contributed by atoms with E-state index in [1.165, 1.54) is 0 Å². The highest BCUT2D eigenvalue weighted by Crippen LogP contribution is 2.22. The van der Waals surface area contributed by atoms with E-state index in [-0.39, 0.29) is 12.2 Å². The first-order valence-electron chi connectivity index (χ1n) is 6.20. The maximum absolute atomic E-state index is 11.7. The van der Waals surface area contributed by atoms with Gasteiger partial charge in [-0.3, -0.25) is 0 Å². The van der Waals surface area contributed by atoms with Crippen molar-refractivity contribution in [3.8, 4) is 5.75 Å². The molecule has 0 saturated heterocycles. The number of carbonyl (C=O) groups is 1. The summed E-state index contributed by atoms with van der Waals surface area (Å²) in [4.78, 5) is 13.3. The Morgan fingerprint density at radius 1 is 1.47 bits per heavy atom. The number of rotatable bonds is 3. The fourth-order valence-electron chi connectivity index (χ4n) is 1.84. The Bertz CT molecular complexity index is 476. The molecule has 0 fully saturated rings. The number of nitrogens with zero attached hydrogens (tertiary/aromatic N) is 1. The number of amides is 1. The normalized spacial score (nSPS) is 18.2. The number of carbonyl (C=O) groups excluding carboxylic acids is 1. The summed E-state index contributed by atoms with van der Waals surface area (Å²) >= 11 is 2.23. The van der Waals surface area contributed by atoms with Gasteiger partial charge in [-0.2, -0.15) is 0 Å². The minimum atomic E-state index is -0.289. The van der Waals surface area contributed by atoms with Crippen LogP contribution in [0, 0.1) is 3.57 Å². The lowest BCUT2D eigenvalue weighted by atomic mass is 10.2. The second-order valence-corrected chi connectivity index (χ2v) is 5.28. The highest BCUT2D eigenvalue weighted by molar-refractivity contribution is 14.1. The molecule has 19 heavy (non-hydrogen) atoms. The van der Waals surface area contributed by atoms with Gasteiger partial charge in [-0.25, -0.2) is 4.79 Å². The van der Waals surface area contributed by atoms with E-state index >= 15 is 0 Å². The van der Waals surface area contributed by atoms with E-state index in [0.717, 1.165) is 9.32 Å². The van der Waals surface area contributed by atoms with Crippen molar-refractivity contribution in [2.45, 2.75) is 13.0 Å². The first-order chi connectivity index (χ1) is 9.20. The third-order valence-electron chi connectivity index (χ3n) is 2.72. The fraction of sp³-hybridized carbons (Fsp3) is 0.357. The molecule has 102 valence electrons. The van der Waals surface area contributed by atoms with Crippen LogP contribution in [0.4, 0.5) is 4.79 Å². The van der Waals surface area contributed by atoms with Gasteiger partial charge in [0.05, 0.1) is 16.7 Å². The summed E-state index contributed by atoms with van der Waals surface area (Å²) in [5, 5.41) is 0. The number of hydrogen-bond donors (Lipinski definition) is 0. The second kappa shape index (κ2) is 6.79. The van der Waals surface area contributed by atoms with E-state index in [0.29, 0.717) is 19.7 Å². The van der Waals surface area contributed by atoms with Gasteiger partial charge in [0.25, 0.3) is 0 Å². The zero-order valence-electron chi connectivity index (χ0n) is 10.7. The Kier molecular flexibility index (Phi) is 5.07. The Morgan fingerprint density at radius 3 is 3.00 bits per heavy atom. The molecule has 0 N–H and O–H groups in total. The molecule has 2 rings (SSSR count). The molecule has 1 aliphatic rings. The van der Waals surface area contributed by atoms with Gasteiger partial charge in [0, 0.05) is 6.54 Å². The quantitative estimate of drug-likeness (QED) is 0.604. The maximum atomic E-state index is 11.7. The molecular formula is C14H16INO3. The number of benzene rings is 1. The Labute approximate surface area is 126 Å². The van der Waals surface area contributed by atoms with Crippen LogP contribution < -0.4 is 4.74 Å². The van der Waals surface area contributed by atoms with Gasteiger partial charge in [0.2, 0.25) is 0 Å². The van der Waals surface area contributed by atoms with Gasteiger partial charge in [-0.05, 0) is 47.7 Å². The first kappa shape index (κ1) is 14.2. The summed E-state index contributed by atoms with van der Waals surface area (Å²) in [7, 11) is 0. The Hall–Kier alpha value is -1.24. The molecule has 0 saturated carbocycles. The van der Waals surface area contributed by atoms with Gasteiger partial charge in [0.15, 0.2) is 0 Å². The zero-order chi connectivity index (χ0) is 13.7. The molecule has 0 bridgehead atoms. The van der Waals surface area contributed by atoms with Crippen molar-refractivity contribution in [2.24, 2.45) is 0 Å². The van der Waals surface area contributed by atoms with Gasteiger partial charge < -0.3 is 14.4 Å². The predicted octanol–water partition coefficient (Wildman–Crippen LogP) is 3.07. The molecule has 4 nitrogen and oxygen atoms in total. The molecule has 0 aliphatic carbocycles. The summed E-state index contributed by atoms with van der Waals surface area (Å²) < 4.78 is 12.0. The number of halogens is 1. The smallest absolute Gasteiger partial charge is 0.410 e. The van der Waals surface area contributed by atoms with Crippen molar-refractivity contribution >= 4 is 28.7 Å². The standard InChI is InChI=1S/C14H16INO3/c1-2-18-14(17)16-9-5-6-11(10-16)19-13-8-4-3-7-12(13)15/h3-8,11H,2,9-10H2,1H3. The van der Waals surface area contributed by atoms with Crippen LogP contribution in [0.25, 0.3) is 0 Å². The molecule has 1 aromatic rings. The molecule has 1 aliphatic heterocycles. The van der Waals surface area contributed by atoms with Crippen LogP contribution in [-0.2, 0) is 4.74 Å². The third kappa shape index (κ3) is 3.86. The monoisotopic (exact) mass is 373 g/mol. The fourth-order valence-corrected chi connectivity index (χ4v) is 2.35. The molecule has 1 heterocycles. The highest BCUT2D eigenvalue weighted by atomic mass is 127. The number of para-hydroxylation sites is 1. The predicted molar refractivity (Wildman–Crippen MR) is 81.3 cm³/mol. The first-order valence-corrected chi connectivity index (χ1v) is 7.28. The van der Waals surface area contributed by atoms with Gasteiger partial charge >= 0.3 is 6.09 Å². The van der Waals surface area contributed by atoms with Crippen molar-refractivity contribution in [2.75, 3.05) is 19.7 Å². The van der Waals surface area contributed by atoms with Crippen LogP contribution in [0.5, 0.6) is 5.75 Å². The lowest BCUT2D eigenvalue weighted by molar-refractivity contribution is 0.0928. The SMILES string of the molecule is CCOC(=O)N1CC=CC(Oc2ccccc2I)C1. The van der Waals surface area contributed by atoms with Crippen molar-refractivity contribution in [3.05, 3.63) is 40.0 Å². The summed E-state index contributed by atoms with van der Waals surface area (Å²) in [5.74, 6) is 0.837. The molecule has 5 heteroatoms. The average Bonchev–Trinajstić information content (AvgIpc) is 2.42. The number of hydrogen-bond acceptors (Lipinski definition) is 3. The molecule has 1 amide bonds. The van der Waals surface area contributed by atoms with Crippen molar-refractivity contribution in [1.82, 2.24) is 4.90 Å². The van der Waals surface area contributed by atoms with E-state index in [1.807, 2.05) is 36.4 Å². The summed E-state index contributed by atoms with van der Waals surface area (Å²) in [6.45, 7) is 3.28. The van der Waals surface area contributed by atoms with Gasteiger partial charge in [-0.15, -0.1) is 0 Å². The average molecular weight is 373 g/mol. The topological polar surface area (TPSA) is 38.8 Å². The maximum Gasteiger partial charge on any atom is 0.410 e. The molecule has 0 spiro atoms. The minimum absolute atomic E-state index is 0.130. The summed E-state index contributed by atoms with van der Waals surface area (Å²) in [5.41, 5.74) is 0. The molecule has 1 atom stereocenters. The molecular weight excluding hydrogens is 357 g/mol. The van der Waals surface area contributed by atoms with E-state index in [4.69, 9.17) is 9.47 Å². The molecule has 1 aromatic carbocycles. The lowest BCUT2D eigenvalue weighted by Gasteiger charge is -2.28. The summed E-state index contributed by atoms with van der Waals surface area (Å²) in [6, 6.07) is 7.83. The van der Waals surface area contributed by atoms with Crippen LogP contribution in [-0.4, -0.2) is 36.8 Å². The largest absolute Gasteiger partial charge is 0.483 e. The Morgan fingerprint density at radius 2 is 2.26 bits per heavy atom. The van der Waals surface area contributed by atoms with Crippen LogP contribution in [0.2, 0.25) is 0 Å². The van der Waals surface area contributed by atoms with Crippen LogP contribution in [0.3, 0.4) is 0 Å². The molecule has 0 aromatic heterocycles. The van der Waals surface area contributed by atoms with Crippen molar-refractivity contribution in [1.29, 1.82) is 0 Å². The van der Waals surface area contributed by atoms with E-state index in [9.17, 15) is 4.79 Å². The highest BCUT2D eigenvalue weighted by Gasteiger charge is 2.22. The van der Waals surface area contributed by atoms with Crippen molar-refractivity contribution in [3.63, 3.8) is 0 Å². The zero-order valence-corrected chi connectivity index (χ0v) is 12.9. The molecule has 1 unspecified atom stereocenters. The molecule has 0 radical (unpaired) electrons. The minimum Gasteiger partial charge on any atom is -0.483 e. The Balaban J connectivity index is 1.99. The summed E-state index contributed by atoms with van der Waals surface area (Å²) in [6.07, 6.45) is 3.50. The van der Waals surface area contributed by atoms with Gasteiger partial charge in [-0.1, -0.05) is 18.2 Å².